The number of para-hydroxylation sites is 1. The fourth-order valence-electron chi connectivity index (χ4n) is 2.72. The molecule has 0 bridgehead atoms. The van der Waals surface area contributed by atoms with Crippen LogP contribution in [0.25, 0.3) is 10.9 Å². The van der Waals surface area contributed by atoms with Crippen molar-refractivity contribution in [1.82, 2.24) is 4.98 Å². The third-order valence-electron chi connectivity index (χ3n) is 3.94. The van der Waals surface area contributed by atoms with Crippen LogP contribution in [0.15, 0.2) is 60.8 Å². The molecule has 6 heteroatoms. The molecule has 2 aromatic carbocycles. The predicted molar refractivity (Wildman–Crippen MR) is 101 cm³/mol. The van der Waals surface area contributed by atoms with Crippen molar-refractivity contribution in [2.45, 2.75) is 6.92 Å². The minimum Gasteiger partial charge on any atom is -0.497 e. The standard InChI is InChI=1S/C20H19N3O3/c1-14(24)23(18-10-3-6-15-7-5-11-21-20(15)18)13-19(25)22-16-8-4-9-17(12-16)26-2/h3-12H,13H2,1-2H3,(H,22,25). The van der Waals surface area contributed by atoms with E-state index in [1.807, 2.05) is 24.3 Å². The number of nitrogens with one attached hydrogen (secondary N) is 1. The monoisotopic (exact) mass is 349 g/mol. The van der Waals surface area contributed by atoms with E-state index in [2.05, 4.69) is 10.3 Å². The van der Waals surface area contributed by atoms with Crippen LogP contribution in [0.2, 0.25) is 0 Å². The van der Waals surface area contributed by atoms with E-state index in [9.17, 15) is 9.59 Å². The number of pyridine rings is 1. The summed E-state index contributed by atoms with van der Waals surface area (Å²) >= 11 is 0. The number of amides is 2. The highest BCUT2D eigenvalue weighted by Gasteiger charge is 2.18. The number of benzene rings is 2. The Labute approximate surface area is 151 Å². The van der Waals surface area contributed by atoms with Gasteiger partial charge in [0.15, 0.2) is 0 Å². The molecule has 6 nitrogen and oxygen atoms in total. The highest BCUT2D eigenvalue weighted by atomic mass is 16.5. The Kier molecular flexibility index (Phi) is 5.12. The van der Waals surface area contributed by atoms with Crippen LogP contribution in [0.1, 0.15) is 6.92 Å². The van der Waals surface area contributed by atoms with Gasteiger partial charge in [0.2, 0.25) is 11.8 Å². The van der Waals surface area contributed by atoms with Gasteiger partial charge < -0.3 is 15.0 Å². The molecule has 1 aromatic heterocycles. The van der Waals surface area contributed by atoms with E-state index in [0.717, 1.165) is 5.39 Å². The Bertz CT molecular complexity index is 950. The van der Waals surface area contributed by atoms with Crippen molar-refractivity contribution in [2.24, 2.45) is 0 Å². The molecule has 132 valence electrons. The van der Waals surface area contributed by atoms with Gasteiger partial charge in [-0.05, 0) is 24.3 Å². The lowest BCUT2D eigenvalue weighted by molar-refractivity contribution is -0.120. The number of fused-ring (bicyclic) bond motifs is 1. The van der Waals surface area contributed by atoms with Gasteiger partial charge in [-0.2, -0.15) is 0 Å². The van der Waals surface area contributed by atoms with Crippen LogP contribution >= 0.6 is 0 Å². The minimum atomic E-state index is -0.304. The summed E-state index contributed by atoms with van der Waals surface area (Å²) in [5.74, 6) is 0.106. The molecule has 26 heavy (non-hydrogen) atoms. The molecule has 0 unspecified atom stereocenters. The molecule has 1 N–H and O–H groups in total. The third-order valence-corrected chi connectivity index (χ3v) is 3.94. The zero-order valence-electron chi connectivity index (χ0n) is 14.6. The summed E-state index contributed by atoms with van der Waals surface area (Å²) in [5, 5.41) is 3.69. The van der Waals surface area contributed by atoms with Gasteiger partial charge in [0, 0.05) is 30.3 Å². The average molecular weight is 349 g/mol. The second-order valence-electron chi connectivity index (χ2n) is 5.74. The van der Waals surface area contributed by atoms with Crippen molar-refractivity contribution in [2.75, 3.05) is 23.9 Å². The molecule has 0 atom stereocenters. The molecule has 0 aliphatic rings. The number of aromatic nitrogens is 1. The fourth-order valence-corrected chi connectivity index (χ4v) is 2.72. The maximum atomic E-state index is 12.5. The van der Waals surface area contributed by atoms with E-state index in [1.165, 1.54) is 11.8 Å². The van der Waals surface area contributed by atoms with Gasteiger partial charge in [-0.1, -0.05) is 24.3 Å². The SMILES string of the molecule is COc1cccc(NC(=O)CN(C(C)=O)c2cccc3cccnc23)c1. The summed E-state index contributed by atoms with van der Waals surface area (Å²) < 4.78 is 5.15. The Hall–Kier alpha value is -3.41. The van der Waals surface area contributed by atoms with E-state index in [4.69, 9.17) is 4.74 Å². The highest BCUT2D eigenvalue weighted by molar-refractivity contribution is 6.06. The van der Waals surface area contributed by atoms with Crippen molar-refractivity contribution in [3.63, 3.8) is 0 Å². The highest BCUT2D eigenvalue weighted by Crippen LogP contribution is 2.25. The summed E-state index contributed by atoms with van der Waals surface area (Å²) in [6.45, 7) is 1.32. The smallest absolute Gasteiger partial charge is 0.244 e. The Morgan fingerprint density at radius 1 is 1.12 bits per heavy atom. The first-order valence-electron chi connectivity index (χ1n) is 8.14. The Balaban J connectivity index is 1.84. The lowest BCUT2D eigenvalue weighted by Crippen LogP contribution is -2.36. The topological polar surface area (TPSA) is 71.5 Å². The number of hydrogen-bond acceptors (Lipinski definition) is 4. The van der Waals surface area contributed by atoms with Crippen LogP contribution in [0.5, 0.6) is 5.75 Å². The summed E-state index contributed by atoms with van der Waals surface area (Å²) in [6.07, 6.45) is 1.67. The number of nitrogens with zero attached hydrogens (tertiary/aromatic N) is 2. The minimum absolute atomic E-state index is 0.109. The molecule has 0 saturated carbocycles. The number of anilines is 2. The molecule has 0 aliphatic heterocycles. The van der Waals surface area contributed by atoms with Crippen molar-refractivity contribution in [3.05, 3.63) is 60.8 Å². The lowest BCUT2D eigenvalue weighted by Gasteiger charge is -2.22. The molecule has 3 rings (SSSR count). The zero-order chi connectivity index (χ0) is 18.5. The van der Waals surface area contributed by atoms with Crippen molar-refractivity contribution < 1.29 is 14.3 Å². The first kappa shape index (κ1) is 17.4. The number of carbonyl (C=O) groups is 2. The number of methoxy groups -OCH3 is 1. The molecule has 0 spiro atoms. The average Bonchev–Trinajstić information content (AvgIpc) is 2.65. The first-order chi connectivity index (χ1) is 12.6. The molecule has 0 aliphatic carbocycles. The quantitative estimate of drug-likeness (QED) is 0.768. The normalized spacial score (nSPS) is 10.4. The Morgan fingerprint density at radius 3 is 2.65 bits per heavy atom. The number of ether oxygens (including phenoxy) is 1. The maximum Gasteiger partial charge on any atom is 0.244 e. The van der Waals surface area contributed by atoms with Crippen LogP contribution in [-0.4, -0.2) is 30.5 Å². The zero-order valence-corrected chi connectivity index (χ0v) is 14.6. The summed E-state index contributed by atoms with van der Waals surface area (Å²) in [4.78, 5) is 30.4. The van der Waals surface area contributed by atoms with E-state index >= 15 is 0 Å². The predicted octanol–water partition coefficient (Wildman–Crippen LogP) is 3.24. The maximum absolute atomic E-state index is 12.5. The second kappa shape index (κ2) is 7.65. The van der Waals surface area contributed by atoms with Gasteiger partial charge in [-0.15, -0.1) is 0 Å². The van der Waals surface area contributed by atoms with E-state index in [1.54, 1.807) is 43.6 Å². The van der Waals surface area contributed by atoms with Gasteiger partial charge in [0.05, 0.1) is 18.3 Å². The number of hydrogen-bond donors (Lipinski definition) is 1. The van der Waals surface area contributed by atoms with Crippen LogP contribution in [0, 0.1) is 0 Å². The van der Waals surface area contributed by atoms with E-state index in [-0.39, 0.29) is 18.4 Å². The Morgan fingerprint density at radius 2 is 1.88 bits per heavy atom. The van der Waals surface area contributed by atoms with Crippen molar-refractivity contribution in [1.29, 1.82) is 0 Å². The molecule has 0 saturated heterocycles. The van der Waals surface area contributed by atoms with Gasteiger partial charge in [-0.25, -0.2) is 0 Å². The number of rotatable bonds is 5. The van der Waals surface area contributed by atoms with Gasteiger partial charge in [0.1, 0.15) is 12.3 Å². The first-order valence-corrected chi connectivity index (χ1v) is 8.14. The summed E-state index contributed by atoms with van der Waals surface area (Å²) in [6, 6.07) is 16.4. The molecule has 0 radical (unpaired) electrons. The van der Waals surface area contributed by atoms with Crippen LogP contribution in [-0.2, 0) is 9.59 Å². The molecular weight excluding hydrogens is 330 g/mol. The summed E-state index contributed by atoms with van der Waals surface area (Å²) in [7, 11) is 1.56. The van der Waals surface area contributed by atoms with Gasteiger partial charge in [0.25, 0.3) is 0 Å². The van der Waals surface area contributed by atoms with Gasteiger partial charge in [-0.3, -0.25) is 14.6 Å². The number of carbonyl (C=O) groups excluding carboxylic acids is 2. The molecule has 1 heterocycles. The second-order valence-corrected chi connectivity index (χ2v) is 5.74. The van der Waals surface area contributed by atoms with E-state index in [0.29, 0.717) is 22.6 Å². The molecule has 0 fully saturated rings. The van der Waals surface area contributed by atoms with E-state index < -0.39 is 0 Å². The van der Waals surface area contributed by atoms with Crippen LogP contribution in [0.3, 0.4) is 0 Å². The lowest BCUT2D eigenvalue weighted by atomic mass is 10.1. The molecule has 3 aromatic rings. The third kappa shape index (κ3) is 3.80. The van der Waals surface area contributed by atoms with Crippen molar-refractivity contribution in [3.8, 4) is 5.75 Å². The summed E-state index contributed by atoms with van der Waals surface area (Å²) in [5.41, 5.74) is 1.89. The molecule has 2 amide bonds. The molecular formula is C20H19N3O3. The fraction of sp³-hybridized carbons (Fsp3) is 0.150. The largest absolute Gasteiger partial charge is 0.497 e. The van der Waals surface area contributed by atoms with Crippen LogP contribution in [0.4, 0.5) is 11.4 Å². The van der Waals surface area contributed by atoms with Gasteiger partial charge >= 0.3 is 0 Å². The van der Waals surface area contributed by atoms with Crippen LogP contribution < -0.4 is 15.0 Å². The van der Waals surface area contributed by atoms with Crippen molar-refractivity contribution >= 4 is 34.1 Å².